The molecule has 1 aliphatic heterocycles. The lowest BCUT2D eigenvalue weighted by atomic mass is 10.2. The summed E-state index contributed by atoms with van der Waals surface area (Å²) in [6.07, 6.45) is 0. The lowest BCUT2D eigenvalue weighted by Crippen LogP contribution is -2.50. The molecule has 0 radical (unpaired) electrons. The van der Waals surface area contributed by atoms with Gasteiger partial charge in [0.1, 0.15) is 0 Å². The Labute approximate surface area is 108 Å². The van der Waals surface area contributed by atoms with Gasteiger partial charge in [-0.2, -0.15) is 0 Å². The average molecular weight is 273 g/mol. The highest BCUT2D eigenvalue weighted by Crippen LogP contribution is 2.25. The Morgan fingerprint density at radius 3 is 2.53 bits per heavy atom. The summed E-state index contributed by atoms with van der Waals surface area (Å²) in [5.74, 6) is -0.483. The minimum atomic E-state index is -0.310. The van der Waals surface area contributed by atoms with Crippen LogP contribution in [0.5, 0.6) is 0 Å². The molecule has 1 aromatic rings. The van der Waals surface area contributed by atoms with Crippen molar-refractivity contribution in [1.82, 2.24) is 10.2 Å². The molecule has 0 spiro atoms. The molecule has 4 nitrogen and oxygen atoms in total. The van der Waals surface area contributed by atoms with E-state index >= 15 is 0 Å². The van der Waals surface area contributed by atoms with Crippen molar-refractivity contribution in [3.8, 4) is 0 Å². The van der Waals surface area contributed by atoms with E-state index in [0.29, 0.717) is 23.1 Å². The number of carbonyl (C=O) groups is 2. The zero-order valence-electron chi connectivity index (χ0n) is 8.87. The van der Waals surface area contributed by atoms with E-state index in [0.717, 1.165) is 0 Å². The van der Waals surface area contributed by atoms with Crippen molar-refractivity contribution in [1.29, 1.82) is 0 Å². The van der Waals surface area contributed by atoms with Crippen LogP contribution < -0.4 is 5.32 Å². The second-order valence-electron chi connectivity index (χ2n) is 3.67. The van der Waals surface area contributed by atoms with Gasteiger partial charge >= 0.3 is 0 Å². The molecule has 1 N–H and O–H groups in total. The Kier molecular flexibility index (Phi) is 3.54. The van der Waals surface area contributed by atoms with Crippen molar-refractivity contribution in [3.63, 3.8) is 0 Å². The minimum Gasteiger partial charge on any atom is -0.353 e. The van der Waals surface area contributed by atoms with E-state index in [4.69, 9.17) is 23.2 Å². The van der Waals surface area contributed by atoms with Crippen molar-refractivity contribution in [2.45, 2.75) is 0 Å². The molecule has 2 rings (SSSR count). The van der Waals surface area contributed by atoms with Gasteiger partial charge in [0.2, 0.25) is 5.91 Å². The van der Waals surface area contributed by atoms with Crippen LogP contribution in [0.25, 0.3) is 0 Å². The topological polar surface area (TPSA) is 49.4 Å². The van der Waals surface area contributed by atoms with Gasteiger partial charge in [-0.3, -0.25) is 9.59 Å². The molecule has 0 bridgehead atoms. The Hall–Kier alpha value is -1.26. The second-order valence-corrected chi connectivity index (χ2v) is 4.49. The molecule has 0 saturated carbocycles. The van der Waals surface area contributed by atoms with Crippen LogP contribution in [0.2, 0.25) is 10.0 Å². The first-order valence-corrected chi connectivity index (χ1v) is 5.85. The fourth-order valence-corrected chi connectivity index (χ4v) is 2.23. The van der Waals surface area contributed by atoms with Crippen LogP contribution in [0, 0.1) is 0 Å². The fourth-order valence-electron chi connectivity index (χ4n) is 1.67. The van der Waals surface area contributed by atoms with Gasteiger partial charge in [0.25, 0.3) is 5.91 Å². The number of rotatable bonds is 1. The maximum absolute atomic E-state index is 12.2. The molecule has 1 aliphatic rings. The maximum Gasteiger partial charge on any atom is 0.257 e. The number of nitrogens with zero attached hydrogens (tertiary/aromatic N) is 1. The van der Waals surface area contributed by atoms with Crippen LogP contribution in [-0.4, -0.2) is 36.3 Å². The Morgan fingerprint density at radius 2 is 1.94 bits per heavy atom. The van der Waals surface area contributed by atoms with Crippen molar-refractivity contribution in [2.24, 2.45) is 0 Å². The lowest BCUT2D eigenvalue weighted by molar-refractivity contribution is -0.123. The molecule has 1 aromatic carbocycles. The molecule has 1 saturated heterocycles. The van der Waals surface area contributed by atoms with Gasteiger partial charge in [0, 0.05) is 13.1 Å². The molecule has 0 unspecified atom stereocenters. The Morgan fingerprint density at radius 1 is 1.29 bits per heavy atom. The standard InChI is InChI=1S/C11H10Cl2N2O2/c12-7-2-1-3-8(13)10(7)11(17)15-5-4-14-9(16)6-15/h1-3H,4-6H2,(H,14,16). The minimum absolute atomic E-state index is 0.0420. The number of halogens is 2. The van der Waals surface area contributed by atoms with Gasteiger partial charge in [-0.1, -0.05) is 29.3 Å². The van der Waals surface area contributed by atoms with E-state index in [1.165, 1.54) is 4.90 Å². The molecule has 6 heteroatoms. The molecule has 17 heavy (non-hydrogen) atoms. The van der Waals surface area contributed by atoms with Gasteiger partial charge < -0.3 is 10.2 Å². The van der Waals surface area contributed by atoms with E-state index in [-0.39, 0.29) is 23.9 Å². The molecule has 1 fully saturated rings. The molecular formula is C11H10Cl2N2O2. The molecule has 0 aromatic heterocycles. The van der Waals surface area contributed by atoms with Crippen LogP contribution in [0.1, 0.15) is 10.4 Å². The van der Waals surface area contributed by atoms with E-state index in [9.17, 15) is 9.59 Å². The van der Waals surface area contributed by atoms with E-state index in [1.807, 2.05) is 0 Å². The number of amides is 2. The maximum atomic E-state index is 12.2. The molecular weight excluding hydrogens is 263 g/mol. The summed E-state index contributed by atoms with van der Waals surface area (Å²) in [4.78, 5) is 24.8. The number of hydrogen-bond acceptors (Lipinski definition) is 2. The van der Waals surface area contributed by atoms with Crippen LogP contribution in [0.4, 0.5) is 0 Å². The van der Waals surface area contributed by atoms with E-state index in [2.05, 4.69) is 5.32 Å². The predicted octanol–water partition coefficient (Wildman–Crippen LogP) is 1.57. The number of nitrogens with one attached hydrogen (secondary N) is 1. The summed E-state index contributed by atoms with van der Waals surface area (Å²) in [5, 5.41) is 3.25. The van der Waals surface area contributed by atoms with Crippen LogP contribution in [0.3, 0.4) is 0 Å². The molecule has 0 atom stereocenters. The Balaban J connectivity index is 2.27. The SMILES string of the molecule is O=C1CN(C(=O)c2c(Cl)cccc2Cl)CCN1. The smallest absolute Gasteiger partial charge is 0.257 e. The third kappa shape index (κ3) is 2.53. The summed E-state index contributed by atoms with van der Waals surface area (Å²) in [6.45, 7) is 0.957. The fraction of sp³-hybridized carbons (Fsp3) is 0.273. The van der Waals surface area contributed by atoms with Crippen molar-refractivity contribution < 1.29 is 9.59 Å². The van der Waals surface area contributed by atoms with Crippen LogP contribution in [0.15, 0.2) is 18.2 Å². The van der Waals surface area contributed by atoms with Gasteiger partial charge in [-0.25, -0.2) is 0 Å². The van der Waals surface area contributed by atoms with Gasteiger partial charge in [-0.05, 0) is 12.1 Å². The quantitative estimate of drug-likeness (QED) is 0.844. The van der Waals surface area contributed by atoms with Crippen LogP contribution in [-0.2, 0) is 4.79 Å². The summed E-state index contributed by atoms with van der Waals surface area (Å²) in [5.41, 5.74) is 0.255. The highest BCUT2D eigenvalue weighted by molar-refractivity contribution is 6.39. The lowest BCUT2D eigenvalue weighted by Gasteiger charge is -2.27. The summed E-state index contributed by atoms with van der Waals surface area (Å²) >= 11 is 11.9. The van der Waals surface area contributed by atoms with Gasteiger partial charge in [0.15, 0.2) is 0 Å². The number of piperazine rings is 1. The van der Waals surface area contributed by atoms with E-state index < -0.39 is 0 Å². The second kappa shape index (κ2) is 4.94. The zero-order chi connectivity index (χ0) is 12.4. The van der Waals surface area contributed by atoms with Crippen molar-refractivity contribution >= 4 is 35.0 Å². The van der Waals surface area contributed by atoms with Crippen molar-refractivity contribution in [3.05, 3.63) is 33.8 Å². The van der Waals surface area contributed by atoms with Gasteiger partial charge in [0.05, 0.1) is 22.2 Å². The largest absolute Gasteiger partial charge is 0.353 e. The van der Waals surface area contributed by atoms with E-state index in [1.54, 1.807) is 18.2 Å². The summed E-state index contributed by atoms with van der Waals surface area (Å²) in [6, 6.07) is 4.87. The first-order valence-electron chi connectivity index (χ1n) is 5.09. The molecule has 90 valence electrons. The summed E-state index contributed by atoms with van der Waals surface area (Å²) < 4.78 is 0. The Bertz CT molecular complexity index is 456. The molecule has 1 heterocycles. The average Bonchev–Trinajstić information content (AvgIpc) is 2.28. The van der Waals surface area contributed by atoms with Crippen molar-refractivity contribution in [2.75, 3.05) is 19.6 Å². The van der Waals surface area contributed by atoms with Crippen LogP contribution >= 0.6 is 23.2 Å². The highest BCUT2D eigenvalue weighted by atomic mass is 35.5. The molecule has 2 amide bonds. The summed E-state index contributed by atoms with van der Waals surface area (Å²) in [7, 11) is 0. The zero-order valence-corrected chi connectivity index (χ0v) is 10.4. The third-order valence-electron chi connectivity index (χ3n) is 2.50. The number of carbonyl (C=O) groups excluding carboxylic acids is 2. The number of benzene rings is 1. The normalized spacial score (nSPS) is 15.6. The monoisotopic (exact) mass is 272 g/mol. The first kappa shape index (κ1) is 12.2. The number of hydrogen-bond donors (Lipinski definition) is 1. The highest BCUT2D eigenvalue weighted by Gasteiger charge is 2.25. The van der Waals surface area contributed by atoms with Gasteiger partial charge in [-0.15, -0.1) is 0 Å². The molecule has 0 aliphatic carbocycles. The first-order chi connectivity index (χ1) is 8.09. The predicted molar refractivity (Wildman–Crippen MR) is 65.4 cm³/mol. The third-order valence-corrected chi connectivity index (χ3v) is 3.13.